The molecule has 0 radical (unpaired) electrons. The summed E-state index contributed by atoms with van der Waals surface area (Å²) in [6.07, 6.45) is 5.22. The predicted octanol–water partition coefficient (Wildman–Crippen LogP) is 3.61. The van der Waals surface area contributed by atoms with Crippen LogP contribution < -0.4 is 19.7 Å². The van der Waals surface area contributed by atoms with Crippen LogP contribution in [0, 0.1) is 0 Å². The molecule has 3 aromatic rings. The van der Waals surface area contributed by atoms with Crippen molar-refractivity contribution in [1.82, 2.24) is 4.98 Å². The zero-order chi connectivity index (χ0) is 22.6. The number of pyridine rings is 1. The number of methoxy groups -OCH3 is 1. The zero-order valence-corrected chi connectivity index (χ0v) is 18.7. The van der Waals surface area contributed by atoms with E-state index in [-0.39, 0.29) is 0 Å². The van der Waals surface area contributed by atoms with Crippen molar-refractivity contribution in [2.45, 2.75) is 19.3 Å². The van der Waals surface area contributed by atoms with Gasteiger partial charge in [-0.25, -0.2) is 8.42 Å². The first kappa shape index (κ1) is 21.9. The van der Waals surface area contributed by atoms with E-state index in [2.05, 4.69) is 19.9 Å². The maximum absolute atomic E-state index is 12.5. The van der Waals surface area contributed by atoms with Crippen LogP contribution in [0.3, 0.4) is 0 Å². The minimum Gasteiger partial charge on any atom is -0.494 e. The van der Waals surface area contributed by atoms with Gasteiger partial charge in [-0.2, -0.15) is 0 Å². The number of piperidine rings is 1. The molecule has 1 aromatic heterocycles. The number of benzene rings is 2. The molecule has 0 bridgehead atoms. The summed E-state index contributed by atoms with van der Waals surface area (Å²) in [6, 6.07) is 14.1. The summed E-state index contributed by atoms with van der Waals surface area (Å²) in [6.45, 7) is 2.03. The zero-order valence-electron chi connectivity index (χ0n) is 17.9. The summed E-state index contributed by atoms with van der Waals surface area (Å²) >= 11 is 0. The van der Waals surface area contributed by atoms with Gasteiger partial charge in [-0.1, -0.05) is 0 Å². The van der Waals surface area contributed by atoms with Crippen LogP contribution in [-0.2, 0) is 14.8 Å². The fourth-order valence-corrected chi connectivity index (χ4v) is 4.87. The van der Waals surface area contributed by atoms with E-state index in [1.807, 2.05) is 12.1 Å². The Balaban J connectivity index is 1.41. The number of aromatic nitrogens is 1. The number of hydrogen-bond donors (Lipinski definition) is 2. The molecule has 2 heterocycles. The molecule has 2 aromatic carbocycles. The number of hydrogen-bond acceptors (Lipinski definition) is 6. The van der Waals surface area contributed by atoms with E-state index in [4.69, 9.17) is 4.74 Å². The Morgan fingerprint density at radius 1 is 1.06 bits per heavy atom. The highest BCUT2D eigenvalue weighted by atomic mass is 32.2. The van der Waals surface area contributed by atoms with Gasteiger partial charge in [-0.15, -0.1) is 0 Å². The van der Waals surface area contributed by atoms with Crippen molar-refractivity contribution in [3.8, 4) is 5.75 Å². The quantitative estimate of drug-likeness (QED) is 0.566. The van der Waals surface area contributed by atoms with E-state index in [0.29, 0.717) is 28.0 Å². The number of fused-ring (bicyclic) bond motifs is 1. The smallest absolute Gasteiger partial charge is 0.241 e. The molecule has 1 fully saturated rings. The van der Waals surface area contributed by atoms with Gasteiger partial charge in [0.2, 0.25) is 15.9 Å². The van der Waals surface area contributed by atoms with Gasteiger partial charge >= 0.3 is 0 Å². The van der Waals surface area contributed by atoms with E-state index in [0.717, 1.165) is 18.8 Å². The van der Waals surface area contributed by atoms with Crippen LogP contribution in [0.1, 0.15) is 19.3 Å². The number of amides is 1. The first-order valence-corrected chi connectivity index (χ1v) is 12.2. The predicted molar refractivity (Wildman–Crippen MR) is 127 cm³/mol. The van der Waals surface area contributed by atoms with Crippen molar-refractivity contribution < 1.29 is 17.9 Å². The van der Waals surface area contributed by atoms with Crippen molar-refractivity contribution in [2.75, 3.05) is 40.9 Å². The third-order valence-corrected chi connectivity index (χ3v) is 6.60. The van der Waals surface area contributed by atoms with Crippen LogP contribution in [0.5, 0.6) is 5.75 Å². The molecule has 0 unspecified atom stereocenters. The summed E-state index contributed by atoms with van der Waals surface area (Å²) in [5, 5.41) is 3.34. The molecule has 1 aliphatic rings. The van der Waals surface area contributed by atoms with Crippen molar-refractivity contribution >= 4 is 43.9 Å². The van der Waals surface area contributed by atoms with Crippen LogP contribution >= 0.6 is 0 Å². The van der Waals surface area contributed by atoms with Gasteiger partial charge in [0.1, 0.15) is 17.0 Å². The van der Waals surface area contributed by atoms with E-state index < -0.39 is 21.7 Å². The van der Waals surface area contributed by atoms with E-state index in [1.165, 1.54) is 19.3 Å². The Bertz CT molecular complexity index is 1210. The van der Waals surface area contributed by atoms with Crippen molar-refractivity contribution in [1.29, 1.82) is 0 Å². The Kier molecular flexibility index (Phi) is 6.45. The molecule has 8 nitrogen and oxygen atoms in total. The highest BCUT2D eigenvalue weighted by Gasteiger charge is 2.19. The number of nitrogens with zero attached hydrogens (tertiary/aromatic N) is 2. The monoisotopic (exact) mass is 454 g/mol. The summed E-state index contributed by atoms with van der Waals surface area (Å²) in [5.41, 5.74) is 2.56. The molecule has 168 valence electrons. The lowest BCUT2D eigenvalue weighted by molar-refractivity contribution is -0.113. The Morgan fingerprint density at radius 3 is 2.53 bits per heavy atom. The van der Waals surface area contributed by atoms with E-state index >= 15 is 0 Å². The summed E-state index contributed by atoms with van der Waals surface area (Å²) < 4.78 is 32.9. The van der Waals surface area contributed by atoms with E-state index in [1.54, 1.807) is 49.7 Å². The maximum atomic E-state index is 12.5. The Morgan fingerprint density at radius 2 is 1.81 bits per heavy atom. The first-order valence-electron chi connectivity index (χ1n) is 10.5. The first-order chi connectivity index (χ1) is 15.4. The SMILES string of the molecule is COc1ccc(NC(=O)CS(=O)(=O)Nc2ccc(N3CCCCC3)cc2)c2cccnc12. The van der Waals surface area contributed by atoms with Crippen LogP contribution in [-0.4, -0.2) is 45.3 Å². The minimum absolute atomic E-state index is 0.428. The molecular weight excluding hydrogens is 428 g/mol. The number of carbonyl (C=O) groups excluding carboxylic acids is 1. The lowest BCUT2D eigenvalue weighted by Gasteiger charge is -2.28. The van der Waals surface area contributed by atoms with Gasteiger partial charge in [0.15, 0.2) is 0 Å². The second-order valence-electron chi connectivity index (χ2n) is 7.72. The molecule has 1 aliphatic heterocycles. The molecule has 0 spiro atoms. The van der Waals surface area contributed by atoms with Crippen LogP contribution in [0.25, 0.3) is 10.9 Å². The molecule has 0 aliphatic carbocycles. The second kappa shape index (κ2) is 9.44. The fraction of sp³-hybridized carbons (Fsp3) is 0.304. The number of nitrogens with one attached hydrogen (secondary N) is 2. The molecular formula is C23H26N4O4S. The van der Waals surface area contributed by atoms with Gasteiger partial charge in [0.25, 0.3) is 0 Å². The van der Waals surface area contributed by atoms with Gasteiger partial charge in [-0.3, -0.25) is 14.5 Å². The largest absolute Gasteiger partial charge is 0.494 e. The van der Waals surface area contributed by atoms with Crippen LogP contribution in [0.2, 0.25) is 0 Å². The molecule has 2 N–H and O–H groups in total. The lowest BCUT2D eigenvalue weighted by atomic mass is 10.1. The Hall–Kier alpha value is -3.33. The van der Waals surface area contributed by atoms with Crippen molar-refractivity contribution in [3.63, 3.8) is 0 Å². The van der Waals surface area contributed by atoms with Crippen LogP contribution in [0.4, 0.5) is 17.1 Å². The molecule has 9 heteroatoms. The third kappa shape index (κ3) is 5.11. The minimum atomic E-state index is -3.87. The summed E-state index contributed by atoms with van der Waals surface area (Å²) in [4.78, 5) is 19.1. The number of rotatable bonds is 7. The lowest BCUT2D eigenvalue weighted by Crippen LogP contribution is -2.29. The average Bonchev–Trinajstić information content (AvgIpc) is 2.80. The summed E-state index contributed by atoms with van der Waals surface area (Å²) in [5.74, 6) is -0.770. The van der Waals surface area contributed by atoms with Crippen molar-refractivity contribution in [3.05, 3.63) is 54.7 Å². The fourth-order valence-electron chi connectivity index (χ4n) is 3.89. The number of anilines is 3. The number of ether oxygens (including phenoxy) is 1. The molecule has 32 heavy (non-hydrogen) atoms. The van der Waals surface area contributed by atoms with Crippen LogP contribution in [0.15, 0.2) is 54.7 Å². The van der Waals surface area contributed by atoms with E-state index in [9.17, 15) is 13.2 Å². The highest BCUT2D eigenvalue weighted by molar-refractivity contribution is 7.93. The molecule has 0 saturated carbocycles. The van der Waals surface area contributed by atoms with Gasteiger partial charge in [0, 0.05) is 36.0 Å². The second-order valence-corrected chi connectivity index (χ2v) is 9.44. The molecule has 4 rings (SSSR count). The molecule has 0 atom stereocenters. The van der Waals surface area contributed by atoms with Gasteiger partial charge in [0.05, 0.1) is 12.8 Å². The third-order valence-electron chi connectivity index (χ3n) is 5.41. The average molecular weight is 455 g/mol. The number of carbonyl (C=O) groups is 1. The molecule has 1 amide bonds. The Labute approximate surface area is 187 Å². The maximum Gasteiger partial charge on any atom is 0.241 e. The highest BCUT2D eigenvalue weighted by Crippen LogP contribution is 2.29. The van der Waals surface area contributed by atoms with Crippen molar-refractivity contribution in [2.24, 2.45) is 0 Å². The summed E-state index contributed by atoms with van der Waals surface area (Å²) in [7, 11) is -2.33. The standard InChI is InChI=1S/C23H26N4O4S/c1-31-21-12-11-20(19-6-5-13-24-23(19)21)25-22(28)16-32(29,30)26-17-7-9-18(10-8-17)27-14-3-2-4-15-27/h5-13,26H,2-4,14-16H2,1H3,(H,25,28). The number of sulfonamides is 1. The van der Waals surface area contributed by atoms with Gasteiger partial charge in [-0.05, 0) is 67.8 Å². The molecule has 1 saturated heterocycles. The van der Waals surface area contributed by atoms with Gasteiger partial charge < -0.3 is 15.0 Å². The topological polar surface area (TPSA) is 101 Å². The normalized spacial score (nSPS) is 14.2.